The van der Waals surface area contributed by atoms with Gasteiger partial charge in [-0.2, -0.15) is 0 Å². The predicted octanol–water partition coefficient (Wildman–Crippen LogP) is 2.12. The number of H-pyrrole nitrogens is 2. The summed E-state index contributed by atoms with van der Waals surface area (Å²) in [5.74, 6) is 0.458. The molecule has 1 aromatic carbocycles. The lowest BCUT2D eigenvalue weighted by Gasteiger charge is -2.10. The summed E-state index contributed by atoms with van der Waals surface area (Å²) in [5, 5.41) is 0. The first-order chi connectivity index (χ1) is 8.11. The van der Waals surface area contributed by atoms with Crippen LogP contribution in [0.2, 0.25) is 0 Å². The molecule has 4 nitrogen and oxygen atoms in total. The minimum absolute atomic E-state index is 0.458. The number of aromatic amines is 2. The van der Waals surface area contributed by atoms with Crippen LogP contribution in [0.3, 0.4) is 0 Å². The van der Waals surface area contributed by atoms with E-state index in [1.807, 2.05) is 18.2 Å². The Bertz CT molecular complexity index is 640. The van der Waals surface area contributed by atoms with Gasteiger partial charge in [-0.3, -0.25) is 9.59 Å². The van der Waals surface area contributed by atoms with Gasteiger partial charge in [-0.25, -0.2) is 0 Å². The second-order valence-electron chi connectivity index (χ2n) is 4.40. The highest BCUT2D eigenvalue weighted by atomic mass is 16.2. The highest BCUT2D eigenvalue weighted by Crippen LogP contribution is 2.22. The molecule has 0 aliphatic rings. The van der Waals surface area contributed by atoms with Crippen LogP contribution in [-0.4, -0.2) is 9.97 Å². The van der Waals surface area contributed by atoms with Crippen molar-refractivity contribution in [1.29, 1.82) is 0 Å². The maximum atomic E-state index is 11.2. The highest BCUT2D eigenvalue weighted by Gasteiger charge is 2.06. The van der Waals surface area contributed by atoms with E-state index in [4.69, 9.17) is 0 Å². The molecule has 17 heavy (non-hydrogen) atoms. The number of hydrogen-bond donors (Lipinski definition) is 2. The van der Waals surface area contributed by atoms with Crippen LogP contribution in [0.1, 0.15) is 38.2 Å². The Kier molecular flexibility index (Phi) is 3.13. The molecule has 1 aromatic heterocycles. The van der Waals surface area contributed by atoms with Crippen LogP contribution in [0.25, 0.3) is 11.0 Å². The maximum absolute atomic E-state index is 11.2. The predicted molar refractivity (Wildman–Crippen MR) is 68.5 cm³/mol. The lowest BCUT2D eigenvalue weighted by molar-refractivity contribution is 0.665. The molecular formula is C13H16N2O2. The average molecular weight is 232 g/mol. The van der Waals surface area contributed by atoms with Crippen molar-refractivity contribution >= 4 is 11.0 Å². The van der Waals surface area contributed by atoms with Crippen LogP contribution in [0.15, 0.2) is 27.8 Å². The molecule has 0 radical (unpaired) electrons. The van der Waals surface area contributed by atoms with Gasteiger partial charge in [0.05, 0.1) is 11.0 Å². The summed E-state index contributed by atoms with van der Waals surface area (Å²) in [6.07, 6.45) is 2.24. The lowest BCUT2D eigenvalue weighted by Crippen LogP contribution is -2.28. The van der Waals surface area contributed by atoms with Crippen LogP contribution in [-0.2, 0) is 0 Å². The fourth-order valence-electron chi connectivity index (χ4n) is 2.04. The molecule has 1 atom stereocenters. The van der Waals surface area contributed by atoms with Crippen LogP contribution >= 0.6 is 0 Å². The summed E-state index contributed by atoms with van der Waals surface area (Å²) in [5.41, 5.74) is 1.34. The zero-order chi connectivity index (χ0) is 12.4. The smallest absolute Gasteiger partial charge is 0.314 e. The molecule has 0 saturated carbocycles. The molecule has 1 heterocycles. The van der Waals surface area contributed by atoms with Crippen molar-refractivity contribution < 1.29 is 0 Å². The van der Waals surface area contributed by atoms with Gasteiger partial charge >= 0.3 is 11.1 Å². The standard InChI is InChI=1S/C13H16N2O2/c1-3-4-8(2)9-5-6-10-11(7-9)15-13(17)12(16)14-10/h5-8H,3-4H2,1-2H3,(H,14,16)(H,15,17). The minimum atomic E-state index is -0.605. The first-order valence-electron chi connectivity index (χ1n) is 5.88. The Morgan fingerprint density at radius 3 is 2.41 bits per heavy atom. The van der Waals surface area contributed by atoms with E-state index >= 15 is 0 Å². The van der Waals surface area contributed by atoms with Gasteiger partial charge in [-0.1, -0.05) is 26.3 Å². The quantitative estimate of drug-likeness (QED) is 0.796. The van der Waals surface area contributed by atoms with E-state index in [-0.39, 0.29) is 0 Å². The van der Waals surface area contributed by atoms with Gasteiger partial charge in [-0.15, -0.1) is 0 Å². The molecule has 0 aliphatic heterocycles. The molecule has 2 rings (SSSR count). The molecule has 0 saturated heterocycles. The first-order valence-corrected chi connectivity index (χ1v) is 5.88. The van der Waals surface area contributed by atoms with Crippen molar-refractivity contribution in [2.24, 2.45) is 0 Å². The molecule has 4 heteroatoms. The van der Waals surface area contributed by atoms with Crippen molar-refractivity contribution in [2.45, 2.75) is 32.6 Å². The fraction of sp³-hybridized carbons (Fsp3) is 0.385. The number of hydrogen-bond acceptors (Lipinski definition) is 2. The molecule has 90 valence electrons. The largest absolute Gasteiger partial charge is 0.316 e. The zero-order valence-corrected chi connectivity index (χ0v) is 10.0. The third-order valence-electron chi connectivity index (χ3n) is 3.04. The van der Waals surface area contributed by atoms with Crippen LogP contribution in [0, 0.1) is 0 Å². The highest BCUT2D eigenvalue weighted by molar-refractivity contribution is 5.74. The molecule has 0 fully saturated rings. The van der Waals surface area contributed by atoms with E-state index in [2.05, 4.69) is 23.8 Å². The summed E-state index contributed by atoms with van der Waals surface area (Å²) in [6.45, 7) is 4.31. The van der Waals surface area contributed by atoms with Gasteiger partial charge < -0.3 is 9.97 Å². The number of fused-ring (bicyclic) bond motifs is 1. The fourth-order valence-corrected chi connectivity index (χ4v) is 2.04. The van der Waals surface area contributed by atoms with E-state index in [1.165, 1.54) is 5.56 Å². The van der Waals surface area contributed by atoms with Crippen LogP contribution in [0.5, 0.6) is 0 Å². The topological polar surface area (TPSA) is 65.7 Å². The van der Waals surface area contributed by atoms with Crippen LogP contribution in [0.4, 0.5) is 0 Å². The molecule has 1 unspecified atom stereocenters. The van der Waals surface area contributed by atoms with Crippen LogP contribution < -0.4 is 11.1 Å². The normalized spacial score (nSPS) is 12.8. The molecule has 0 aliphatic carbocycles. The molecule has 2 N–H and O–H groups in total. The van der Waals surface area contributed by atoms with Gasteiger partial charge in [-0.05, 0) is 30.0 Å². The summed E-state index contributed by atoms with van der Waals surface area (Å²) in [6, 6.07) is 5.78. The summed E-state index contributed by atoms with van der Waals surface area (Å²) in [7, 11) is 0. The Hall–Kier alpha value is -1.84. The van der Waals surface area contributed by atoms with Crippen molar-refractivity contribution in [3.8, 4) is 0 Å². The Morgan fingerprint density at radius 1 is 1.12 bits per heavy atom. The first kappa shape index (κ1) is 11.6. The molecular weight excluding hydrogens is 216 g/mol. The Labute approximate surface area is 98.7 Å². The SMILES string of the molecule is CCCC(C)c1ccc2[nH]c(=O)c(=O)[nH]c2c1. The molecule has 2 aromatic rings. The van der Waals surface area contributed by atoms with E-state index in [0.717, 1.165) is 12.8 Å². The lowest BCUT2D eigenvalue weighted by atomic mass is 9.96. The Morgan fingerprint density at radius 2 is 1.76 bits per heavy atom. The third kappa shape index (κ3) is 2.30. The number of aromatic nitrogens is 2. The summed E-state index contributed by atoms with van der Waals surface area (Å²) < 4.78 is 0. The van der Waals surface area contributed by atoms with Gasteiger partial charge in [0.15, 0.2) is 0 Å². The summed E-state index contributed by atoms with van der Waals surface area (Å²) in [4.78, 5) is 27.5. The second-order valence-corrected chi connectivity index (χ2v) is 4.40. The van der Waals surface area contributed by atoms with Crippen molar-refractivity contribution in [3.05, 3.63) is 44.5 Å². The van der Waals surface area contributed by atoms with Gasteiger partial charge in [0, 0.05) is 0 Å². The van der Waals surface area contributed by atoms with E-state index in [9.17, 15) is 9.59 Å². The second kappa shape index (κ2) is 4.57. The average Bonchev–Trinajstić information content (AvgIpc) is 2.30. The number of benzene rings is 1. The zero-order valence-electron chi connectivity index (χ0n) is 10.0. The van der Waals surface area contributed by atoms with E-state index in [1.54, 1.807) is 0 Å². The van der Waals surface area contributed by atoms with Gasteiger partial charge in [0.1, 0.15) is 0 Å². The van der Waals surface area contributed by atoms with Gasteiger partial charge in [0.2, 0.25) is 0 Å². The molecule has 0 spiro atoms. The maximum Gasteiger partial charge on any atom is 0.314 e. The van der Waals surface area contributed by atoms with Gasteiger partial charge in [0.25, 0.3) is 0 Å². The van der Waals surface area contributed by atoms with Crippen molar-refractivity contribution in [2.75, 3.05) is 0 Å². The van der Waals surface area contributed by atoms with E-state index < -0.39 is 11.1 Å². The third-order valence-corrected chi connectivity index (χ3v) is 3.04. The number of rotatable bonds is 3. The van der Waals surface area contributed by atoms with Crippen molar-refractivity contribution in [1.82, 2.24) is 9.97 Å². The number of nitrogens with one attached hydrogen (secondary N) is 2. The molecule has 0 bridgehead atoms. The summed E-state index contributed by atoms with van der Waals surface area (Å²) >= 11 is 0. The molecule has 0 amide bonds. The Balaban J connectivity index is 2.54. The monoisotopic (exact) mass is 232 g/mol. The minimum Gasteiger partial charge on any atom is -0.316 e. The van der Waals surface area contributed by atoms with E-state index in [0.29, 0.717) is 17.0 Å². The van der Waals surface area contributed by atoms with Crippen molar-refractivity contribution in [3.63, 3.8) is 0 Å².